The van der Waals surface area contributed by atoms with E-state index in [4.69, 9.17) is 5.26 Å². The number of nitrogens with zero attached hydrogens (tertiary/aromatic N) is 1. The van der Waals surface area contributed by atoms with Crippen molar-refractivity contribution >= 4 is 11.6 Å². The van der Waals surface area contributed by atoms with Crippen LogP contribution in [0.5, 0.6) is 0 Å². The quantitative estimate of drug-likeness (QED) is 0.724. The van der Waals surface area contributed by atoms with E-state index in [1.54, 1.807) is 0 Å². The number of benzene rings is 1. The van der Waals surface area contributed by atoms with Gasteiger partial charge >= 0.3 is 0 Å². The van der Waals surface area contributed by atoms with E-state index in [9.17, 15) is 4.79 Å². The van der Waals surface area contributed by atoms with E-state index in [0.29, 0.717) is 12.8 Å². The summed E-state index contributed by atoms with van der Waals surface area (Å²) in [6.45, 7) is 0. The molecular weight excluding hydrogens is 176 g/mol. The summed E-state index contributed by atoms with van der Waals surface area (Å²) >= 11 is 0. The normalized spacial score (nSPS) is 14.1. The van der Waals surface area contributed by atoms with Crippen molar-refractivity contribution in [3.05, 3.63) is 29.3 Å². The maximum Gasteiger partial charge on any atom is 0.224 e. The number of nitrogens with one attached hydrogen (secondary N) is 1. The summed E-state index contributed by atoms with van der Waals surface area (Å²) < 4.78 is 0. The molecule has 70 valence electrons. The highest BCUT2D eigenvalue weighted by atomic mass is 16.1. The second kappa shape index (κ2) is 3.51. The summed E-state index contributed by atoms with van der Waals surface area (Å²) in [5, 5.41) is 11.4. The minimum atomic E-state index is 0.0617. The van der Waals surface area contributed by atoms with Crippen LogP contribution < -0.4 is 5.32 Å². The molecule has 0 radical (unpaired) electrons. The first kappa shape index (κ1) is 8.76. The number of nitriles is 1. The molecule has 0 atom stereocenters. The van der Waals surface area contributed by atoms with Crippen molar-refractivity contribution in [1.82, 2.24) is 0 Å². The molecular formula is C11H10N2O. The summed E-state index contributed by atoms with van der Waals surface area (Å²) in [5.74, 6) is 0.0617. The number of hydrogen-bond donors (Lipinski definition) is 1. The molecule has 0 spiro atoms. The molecule has 14 heavy (non-hydrogen) atoms. The second-order valence-electron chi connectivity index (χ2n) is 3.33. The number of hydrogen-bond acceptors (Lipinski definition) is 2. The van der Waals surface area contributed by atoms with Gasteiger partial charge in [-0.25, -0.2) is 0 Å². The lowest BCUT2D eigenvalue weighted by Crippen LogP contribution is -2.19. The Bertz CT molecular complexity index is 418. The zero-order valence-electron chi connectivity index (χ0n) is 7.71. The Labute approximate surface area is 82.4 Å². The van der Waals surface area contributed by atoms with Gasteiger partial charge < -0.3 is 5.32 Å². The average molecular weight is 186 g/mol. The van der Waals surface area contributed by atoms with Gasteiger partial charge in [-0.1, -0.05) is 12.1 Å². The van der Waals surface area contributed by atoms with Crippen molar-refractivity contribution in [2.45, 2.75) is 19.3 Å². The molecule has 0 fully saturated rings. The van der Waals surface area contributed by atoms with E-state index in [-0.39, 0.29) is 5.91 Å². The van der Waals surface area contributed by atoms with E-state index in [2.05, 4.69) is 11.4 Å². The smallest absolute Gasteiger partial charge is 0.224 e. The topological polar surface area (TPSA) is 52.9 Å². The summed E-state index contributed by atoms with van der Waals surface area (Å²) in [6, 6.07) is 7.83. The molecule has 0 saturated heterocycles. The lowest BCUT2D eigenvalue weighted by molar-refractivity contribution is -0.116. The number of carbonyl (C=O) groups is 1. The van der Waals surface area contributed by atoms with Crippen molar-refractivity contribution in [3.63, 3.8) is 0 Å². The molecule has 1 aromatic rings. The first-order valence-corrected chi connectivity index (χ1v) is 4.59. The fourth-order valence-electron chi connectivity index (χ4n) is 1.75. The van der Waals surface area contributed by atoms with Gasteiger partial charge in [0.2, 0.25) is 5.91 Å². The van der Waals surface area contributed by atoms with Crippen LogP contribution in [0.1, 0.15) is 17.5 Å². The van der Waals surface area contributed by atoms with Crippen molar-refractivity contribution in [3.8, 4) is 6.07 Å². The maximum atomic E-state index is 11.1. The van der Waals surface area contributed by atoms with Crippen molar-refractivity contribution in [1.29, 1.82) is 5.26 Å². The first-order valence-electron chi connectivity index (χ1n) is 4.59. The molecule has 1 aliphatic heterocycles. The van der Waals surface area contributed by atoms with Gasteiger partial charge in [0.25, 0.3) is 0 Å². The van der Waals surface area contributed by atoms with Crippen LogP contribution in [-0.2, 0) is 17.6 Å². The lowest BCUT2D eigenvalue weighted by atomic mass is 9.96. The number of rotatable bonds is 1. The Morgan fingerprint density at radius 1 is 1.43 bits per heavy atom. The first-order chi connectivity index (χ1) is 6.81. The molecule has 1 heterocycles. The van der Waals surface area contributed by atoms with Crippen LogP contribution in [0.25, 0.3) is 0 Å². The Hall–Kier alpha value is -1.82. The maximum absolute atomic E-state index is 11.1. The van der Waals surface area contributed by atoms with Gasteiger partial charge in [0.1, 0.15) is 0 Å². The van der Waals surface area contributed by atoms with Crippen molar-refractivity contribution in [2.75, 3.05) is 5.32 Å². The van der Waals surface area contributed by atoms with Crippen LogP contribution in [0, 0.1) is 11.3 Å². The third kappa shape index (κ3) is 1.47. The van der Waals surface area contributed by atoms with Gasteiger partial charge in [-0.15, -0.1) is 0 Å². The van der Waals surface area contributed by atoms with Crippen LogP contribution in [0.15, 0.2) is 18.2 Å². The molecule has 0 unspecified atom stereocenters. The molecule has 3 nitrogen and oxygen atoms in total. The summed E-state index contributed by atoms with van der Waals surface area (Å²) in [7, 11) is 0. The highest BCUT2D eigenvalue weighted by molar-refractivity contribution is 5.94. The molecule has 1 N–H and O–H groups in total. The molecule has 1 amide bonds. The number of amides is 1. The van der Waals surface area contributed by atoms with E-state index in [1.807, 2.05) is 18.2 Å². The highest BCUT2D eigenvalue weighted by Crippen LogP contribution is 2.25. The third-order valence-corrected chi connectivity index (χ3v) is 2.42. The molecule has 1 aromatic carbocycles. The minimum Gasteiger partial charge on any atom is -0.326 e. The Morgan fingerprint density at radius 3 is 3.07 bits per heavy atom. The van der Waals surface area contributed by atoms with Crippen LogP contribution in [0.3, 0.4) is 0 Å². The third-order valence-electron chi connectivity index (χ3n) is 2.42. The molecule has 0 aromatic heterocycles. The number of carbonyl (C=O) groups excluding carboxylic acids is 1. The Kier molecular flexibility index (Phi) is 2.19. The van der Waals surface area contributed by atoms with E-state index in [1.165, 1.54) is 0 Å². The zero-order chi connectivity index (χ0) is 9.97. The van der Waals surface area contributed by atoms with Crippen LogP contribution in [-0.4, -0.2) is 5.91 Å². The summed E-state index contributed by atoms with van der Waals surface area (Å²) in [6.07, 6.45) is 1.69. The Balaban J connectivity index is 2.42. The Morgan fingerprint density at radius 2 is 2.29 bits per heavy atom. The van der Waals surface area contributed by atoms with Crippen molar-refractivity contribution in [2.24, 2.45) is 0 Å². The van der Waals surface area contributed by atoms with E-state index < -0.39 is 0 Å². The second-order valence-corrected chi connectivity index (χ2v) is 3.33. The van der Waals surface area contributed by atoms with Crippen LogP contribution >= 0.6 is 0 Å². The zero-order valence-corrected chi connectivity index (χ0v) is 7.71. The number of fused-ring (bicyclic) bond motifs is 1. The number of anilines is 1. The van der Waals surface area contributed by atoms with E-state index in [0.717, 1.165) is 23.2 Å². The van der Waals surface area contributed by atoms with Gasteiger partial charge in [0, 0.05) is 12.1 Å². The SMILES string of the molecule is N#CCc1cccc2c1CCC(=O)N2. The standard InChI is InChI=1S/C11H10N2O/c12-7-6-8-2-1-3-10-9(8)4-5-11(14)13-10/h1-3H,4-6H2,(H,13,14). The van der Waals surface area contributed by atoms with Gasteiger partial charge in [-0.2, -0.15) is 5.26 Å². The van der Waals surface area contributed by atoms with Gasteiger partial charge in [0.05, 0.1) is 12.5 Å². The van der Waals surface area contributed by atoms with Gasteiger partial charge in [-0.05, 0) is 23.6 Å². The van der Waals surface area contributed by atoms with Crippen LogP contribution in [0.4, 0.5) is 5.69 Å². The predicted octanol–water partition coefficient (Wildman–Crippen LogP) is 1.64. The van der Waals surface area contributed by atoms with Crippen LogP contribution in [0.2, 0.25) is 0 Å². The largest absolute Gasteiger partial charge is 0.326 e. The van der Waals surface area contributed by atoms with Crippen molar-refractivity contribution < 1.29 is 4.79 Å². The fraction of sp³-hybridized carbons (Fsp3) is 0.273. The lowest BCUT2D eigenvalue weighted by Gasteiger charge is -2.18. The van der Waals surface area contributed by atoms with Gasteiger partial charge in [-0.3, -0.25) is 4.79 Å². The summed E-state index contributed by atoms with van der Waals surface area (Å²) in [4.78, 5) is 11.1. The molecule has 0 saturated carbocycles. The fourth-order valence-corrected chi connectivity index (χ4v) is 1.75. The molecule has 2 rings (SSSR count). The highest BCUT2D eigenvalue weighted by Gasteiger charge is 2.16. The molecule has 3 heteroatoms. The molecule has 0 bridgehead atoms. The predicted molar refractivity (Wildman–Crippen MR) is 52.7 cm³/mol. The molecule has 0 aliphatic carbocycles. The average Bonchev–Trinajstić information content (AvgIpc) is 2.18. The van der Waals surface area contributed by atoms with Gasteiger partial charge in [0.15, 0.2) is 0 Å². The summed E-state index contributed by atoms with van der Waals surface area (Å²) in [5.41, 5.74) is 3.02. The van der Waals surface area contributed by atoms with E-state index >= 15 is 0 Å². The molecule has 1 aliphatic rings. The minimum absolute atomic E-state index is 0.0617. The monoisotopic (exact) mass is 186 g/mol.